The second-order valence-electron chi connectivity index (χ2n) is 7.65. The first-order valence-corrected chi connectivity index (χ1v) is 11.5. The van der Waals surface area contributed by atoms with Crippen molar-refractivity contribution in [2.24, 2.45) is 0 Å². The zero-order valence-corrected chi connectivity index (χ0v) is 19.2. The maximum atomic E-state index is 13.7. The van der Waals surface area contributed by atoms with Gasteiger partial charge in [-0.15, -0.1) is 0 Å². The fourth-order valence-electron chi connectivity index (χ4n) is 3.89. The first-order chi connectivity index (χ1) is 16.4. The Balaban J connectivity index is 1.49. The Morgan fingerprint density at radius 3 is 2.56 bits per heavy atom. The third-order valence-corrected chi connectivity index (χ3v) is 6.77. The summed E-state index contributed by atoms with van der Waals surface area (Å²) in [5.74, 6) is -0.738. The molecule has 1 saturated heterocycles. The molecule has 0 atom stereocenters. The summed E-state index contributed by atoms with van der Waals surface area (Å²) in [5.41, 5.74) is 3.16. The number of non-ortho nitro benzene ring substituents is 1. The number of amides is 1. The number of fused-ring (bicyclic) bond motifs is 1. The van der Waals surface area contributed by atoms with Gasteiger partial charge >= 0.3 is 0 Å². The predicted octanol–water partition coefficient (Wildman–Crippen LogP) is 6.14. The number of thioether (sulfide) groups is 1. The molecule has 0 radical (unpaired) electrons. The normalized spacial score (nSPS) is 15.0. The summed E-state index contributed by atoms with van der Waals surface area (Å²) in [6, 6.07) is 20.0. The van der Waals surface area contributed by atoms with Gasteiger partial charge in [0.25, 0.3) is 11.6 Å². The minimum atomic E-state index is -0.440. The van der Waals surface area contributed by atoms with E-state index in [4.69, 9.17) is 12.2 Å². The molecule has 9 heteroatoms. The number of nitro benzene ring substituents is 1. The van der Waals surface area contributed by atoms with Crippen LogP contribution in [0.5, 0.6) is 0 Å². The van der Waals surface area contributed by atoms with Crippen molar-refractivity contribution in [2.45, 2.75) is 6.54 Å². The van der Waals surface area contributed by atoms with Crippen LogP contribution in [0, 0.1) is 15.9 Å². The van der Waals surface area contributed by atoms with Gasteiger partial charge in [-0.05, 0) is 35.9 Å². The summed E-state index contributed by atoms with van der Waals surface area (Å²) in [5, 5.41) is 11.9. The average molecular weight is 490 g/mol. The Kier molecular flexibility index (Phi) is 5.72. The third-order valence-electron chi connectivity index (χ3n) is 5.47. The molecule has 2 heterocycles. The standard InChI is InChI=1S/C25H16FN3O3S2/c26-18-4-3-5-20(13-18)28-24(30)23(34-25(28)33)12-17-15-27(22-7-2-1-6-21(17)22)14-16-8-10-19(11-9-16)29(31)32/h1-13,15H,14H2/b23-12+. The number of hydrogen-bond acceptors (Lipinski definition) is 5. The monoisotopic (exact) mass is 489 g/mol. The topological polar surface area (TPSA) is 68.4 Å². The van der Waals surface area contributed by atoms with Gasteiger partial charge in [-0.3, -0.25) is 19.8 Å². The summed E-state index contributed by atoms with van der Waals surface area (Å²) in [6.07, 6.45) is 3.74. The zero-order chi connectivity index (χ0) is 23.8. The molecule has 0 saturated carbocycles. The fraction of sp³-hybridized carbons (Fsp3) is 0.0400. The Hall–Kier alpha value is -3.82. The summed E-state index contributed by atoms with van der Waals surface area (Å²) >= 11 is 6.58. The van der Waals surface area contributed by atoms with E-state index in [9.17, 15) is 19.3 Å². The van der Waals surface area contributed by atoms with Gasteiger partial charge in [-0.25, -0.2) is 4.39 Å². The molecule has 6 nitrogen and oxygen atoms in total. The molecule has 1 amide bonds. The summed E-state index contributed by atoms with van der Waals surface area (Å²) < 4.78 is 16.1. The van der Waals surface area contributed by atoms with Crippen LogP contribution in [-0.4, -0.2) is 19.7 Å². The molecule has 0 unspecified atom stereocenters. The highest BCUT2D eigenvalue weighted by Gasteiger charge is 2.33. The summed E-state index contributed by atoms with van der Waals surface area (Å²) in [7, 11) is 0. The first kappa shape index (κ1) is 22.0. The van der Waals surface area contributed by atoms with E-state index in [0.29, 0.717) is 21.5 Å². The molecule has 3 aromatic carbocycles. The molecule has 4 aromatic rings. The van der Waals surface area contributed by atoms with Gasteiger partial charge in [0.05, 0.1) is 15.5 Å². The number of nitrogens with zero attached hydrogens (tertiary/aromatic N) is 3. The molecule has 1 aromatic heterocycles. The Morgan fingerprint density at radius 1 is 1.06 bits per heavy atom. The van der Waals surface area contributed by atoms with Crippen LogP contribution in [0.25, 0.3) is 17.0 Å². The predicted molar refractivity (Wildman–Crippen MR) is 136 cm³/mol. The molecule has 1 aliphatic rings. The number of nitro groups is 1. The van der Waals surface area contributed by atoms with Crippen LogP contribution in [0.15, 0.2) is 83.9 Å². The quantitative estimate of drug-likeness (QED) is 0.146. The molecule has 1 aliphatic heterocycles. The second-order valence-corrected chi connectivity index (χ2v) is 9.33. The molecule has 0 aliphatic carbocycles. The van der Waals surface area contributed by atoms with Crippen LogP contribution in [0.4, 0.5) is 15.8 Å². The van der Waals surface area contributed by atoms with Crippen LogP contribution in [0.3, 0.4) is 0 Å². The minimum Gasteiger partial charge on any atom is -0.342 e. The van der Waals surface area contributed by atoms with Gasteiger partial charge < -0.3 is 4.57 Å². The Bertz CT molecular complexity index is 1500. The van der Waals surface area contributed by atoms with Gasteiger partial charge in [0, 0.05) is 41.3 Å². The number of aromatic nitrogens is 1. The summed E-state index contributed by atoms with van der Waals surface area (Å²) in [6.45, 7) is 0.511. The number of hydrogen-bond donors (Lipinski definition) is 0. The van der Waals surface area contributed by atoms with Gasteiger partial charge in [-0.2, -0.15) is 0 Å². The number of thiocarbonyl (C=S) groups is 1. The number of anilines is 1. The lowest BCUT2D eigenvalue weighted by molar-refractivity contribution is -0.384. The molecular formula is C25H16FN3O3S2. The maximum Gasteiger partial charge on any atom is 0.270 e. The van der Waals surface area contributed by atoms with Gasteiger partial charge in [0.2, 0.25) is 0 Å². The summed E-state index contributed by atoms with van der Waals surface area (Å²) in [4.78, 5) is 25.4. The number of rotatable bonds is 5. The fourth-order valence-corrected chi connectivity index (χ4v) is 5.18. The van der Waals surface area contributed by atoms with E-state index in [1.807, 2.05) is 35.0 Å². The lowest BCUT2D eigenvalue weighted by atomic mass is 10.1. The third kappa shape index (κ3) is 4.11. The molecule has 0 spiro atoms. The van der Waals surface area contributed by atoms with Crippen molar-refractivity contribution in [1.29, 1.82) is 0 Å². The zero-order valence-electron chi connectivity index (χ0n) is 17.6. The first-order valence-electron chi connectivity index (χ1n) is 10.3. The number of halogens is 1. The second kappa shape index (κ2) is 8.85. The molecule has 0 bridgehead atoms. The lowest BCUT2D eigenvalue weighted by Crippen LogP contribution is -2.27. The number of benzene rings is 3. The maximum absolute atomic E-state index is 13.7. The highest BCUT2D eigenvalue weighted by Crippen LogP contribution is 2.37. The van der Waals surface area contributed by atoms with Gasteiger partial charge in [0.1, 0.15) is 5.82 Å². The van der Waals surface area contributed by atoms with Gasteiger partial charge in [0.15, 0.2) is 4.32 Å². The van der Waals surface area contributed by atoms with Crippen molar-refractivity contribution in [2.75, 3.05) is 4.90 Å². The van der Waals surface area contributed by atoms with Crippen molar-refractivity contribution in [3.8, 4) is 0 Å². The van der Waals surface area contributed by atoms with Crippen molar-refractivity contribution >= 4 is 62.6 Å². The van der Waals surface area contributed by atoms with Crippen LogP contribution >= 0.6 is 24.0 Å². The number of carbonyl (C=O) groups excluding carboxylic acids is 1. The molecule has 34 heavy (non-hydrogen) atoms. The van der Waals surface area contributed by atoms with E-state index in [0.717, 1.165) is 22.0 Å². The van der Waals surface area contributed by atoms with Crippen LogP contribution < -0.4 is 4.90 Å². The van der Waals surface area contributed by atoms with E-state index in [1.165, 1.54) is 40.9 Å². The van der Waals surface area contributed by atoms with Crippen molar-refractivity contribution in [1.82, 2.24) is 4.57 Å². The molecule has 5 rings (SSSR count). The molecule has 1 fully saturated rings. The number of para-hydroxylation sites is 1. The van der Waals surface area contributed by atoms with E-state index in [-0.39, 0.29) is 11.6 Å². The van der Waals surface area contributed by atoms with Crippen LogP contribution in [0.1, 0.15) is 11.1 Å². The van der Waals surface area contributed by atoms with E-state index in [1.54, 1.807) is 30.3 Å². The van der Waals surface area contributed by atoms with Crippen LogP contribution in [-0.2, 0) is 11.3 Å². The highest BCUT2D eigenvalue weighted by atomic mass is 32.2. The lowest BCUT2D eigenvalue weighted by Gasteiger charge is -2.14. The smallest absolute Gasteiger partial charge is 0.270 e. The minimum absolute atomic E-state index is 0.0436. The Labute approximate surface area is 203 Å². The van der Waals surface area contributed by atoms with Gasteiger partial charge in [-0.1, -0.05) is 60.4 Å². The Morgan fingerprint density at radius 2 is 1.82 bits per heavy atom. The van der Waals surface area contributed by atoms with E-state index in [2.05, 4.69) is 0 Å². The highest BCUT2D eigenvalue weighted by molar-refractivity contribution is 8.27. The molecule has 0 N–H and O–H groups in total. The van der Waals surface area contributed by atoms with E-state index < -0.39 is 10.7 Å². The van der Waals surface area contributed by atoms with Crippen molar-refractivity contribution in [3.63, 3.8) is 0 Å². The van der Waals surface area contributed by atoms with Crippen molar-refractivity contribution < 1.29 is 14.1 Å². The largest absolute Gasteiger partial charge is 0.342 e. The SMILES string of the molecule is O=C1/C(=C\c2cn(Cc3ccc([N+](=O)[O-])cc3)c3ccccc23)SC(=S)N1c1cccc(F)c1. The van der Waals surface area contributed by atoms with E-state index >= 15 is 0 Å². The molecule has 168 valence electrons. The average Bonchev–Trinajstić information content (AvgIpc) is 3.30. The number of carbonyl (C=O) groups is 1. The van der Waals surface area contributed by atoms with Crippen LogP contribution in [0.2, 0.25) is 0 Å². The molecular weight excluding hydrogens is 473 g/mol. The van der Waals surface area contributed by atoms with Crippen molar-refractivity contribution in [3.05, 3.63) is 111 Å².